The first-order valence-electron chi connectivity index (χ1n) is 8.04. The Bertz CT molecular complexity index is 459. The molecule has 0 unspecified atom stereocenters. The maximum absolute atomic E-state index is 12.4. The summed E-state index contributed by atoms with van der Waals surface area (Å²) in [5.74, 6) is 1.40. The molecule has 0 saturated heterocycles. The lowest BCUT2D eigenvalue weighted by Gasteiger charge is -2.24. The van der Waals surface area contributed by atoms with Crippen molar-refractivity contribution in [3.8, 4) is 5.75 Å². The van der Waals surface area contributed by atoms with Crippen molar-refractivity contribution in [2.45, 2.75) is 39.5 Å². The molecule has 23 heavy (non-hydrogen) atoms. The van der Waals surface area contributed by atoms with Crippen LogP contribution in [-0.2, 0) is 10.2 Å². The molecule has 5 heteroatoms. The second kappa shape index (κ2) is 10.5. The number of nitrogens with one attached hydrogen (secondary N) is 2. The second-order valence-electron chi connectivity index (χ2n) is 6.57. The summed E-state index contributed by atoms with van der Waals surface area (Å²) in [6, 6.07) is 7.83. The first kappa shape index (κ1) is 21.7. The molecule has 1 aromatic carbocycles. The Balaban J connectivity index is 0.00000484. The van der Waals surface area contributed by atoms with Crippen molar-refractivity contribution in [2.75, 3.05) is 26.7 Å². The number of ether oxygens (including phenoxy) is 1. The third kappa shape index (κ3) is 7.23. The van der Waals surface area contributed by atoms with Crippen LogP contribution in [0.1, 0.15) is 39.7 Å². The van der Waals surface area contributed by atoms with Crippen LogP contribution < -0.4 is 15.4 Å². The van der Waals surface area contributed by atoms with Crippen molar-refractivity contribution in [3.63, 3.8) is 0 Å². The van der Waals surface area contributed by atoms with Crippen LogP contribution in [0.5, 0.6) is 5.75 Å². The van der Waals surface area contributed by atoms with Crippen LogP contribution in [0.3, 0.4) is 0 Å². The first-order valence-corrected chi connectivity index (χ1v) is 8.04. The molecule has 0 bridgehead atoms. The van der Waals surface area contributed by atoms with Crippen LogP contribution in [0, 0.1) is 5.92 Å². The lowest BCUT2D eigenvalue weighted by Crippen LogP contribution is -2.40. The maximum Gasteiger partial charge on any atom is 0.230 e. The highest BCUT2D eigenvalue weighted by molar-refractivity contribution is 5.87. The summed E-state index contributed by atoms with van der Waals surface area (Å²) in [5.41, 5.74) is 0.450. The van der Waals surface area contributed by atoms with Gasteiger partial charge in [0.25, 0.3) is 0 Å². The molecule has 0 aliphatic carbocycles. The third-order valence-corrected chi connectivity index (χ3v) is 3.62. The molecule has 0 aliphatic rings. The maximum atomic E-state index is 12.4. The van der Waals surface area contributed by atoms with E-state index in [1.54, 1.807) is 0 Å². The Labute approximate surface area is 146 Å². The van der Waals surface area contributed by atoms with E-state index in [0.29, 0.717) is 19.1 Å². The number of halogens is 1. The smallest absolute Gasteiger partial charge is 0.230 e. The molecule has 0 spiro atoms. The van der Waals surface area contributed by atoms with E-state index >= 15 is 0 Å². The van der Waals surface area contributed by atoms with E-state index in [4.69, 9.17) is 4.74 Å². The molecule has 4 nitrogen and oxygen atoms in total. The Kier molecular flexibility index (Phi) is 9.93. The van der Waals surface area contributed by atoms with Crippen molar-refractivity contribution < 1.29 is 9.53 Å². The first-order chi connectivity index (χ1) is 10.4. The number of rotatable bonds is 9. The average Bonchev–Trinajstić information content (AvgIpc) is 2.49. The molecular formula is C18H31ClN2O2. The van der Waals surface area contributed by atoms with Crippen LogP contribution in [0.2, 0.25) is 0 Å². The quantitative estimate of drug-likeness (QED) is 0.678. The third-order valence-electron chi connectivity index (χ3n) is 3.62. The van der Waals surface area contributed by atoms with Gasteiger partial charge in [-0.2, -0.15) is 0 Å². The van der Waals surface area contributed by atoms with Crippen molar-refractivity contribution in [1.82, 2.24) is 10.6 Å². The van der Waals surface area contributed by atoms with Gasteiger partial charge < -0.3 is 15.4 Å². The number of benzene rings is 1. The minimum absolute atomic E-state index is 0. The van der Waals surface area contributed by atoms with Gasteiger partial charge in [-0.05, 0) is 57.5 Å². The highest BCUT2D eigenvalue weighted by Crippen LogP contribution is 2.25. The highest BCUT2D eigenvalue weighted by Gasteiger charge is 2.29. The largest absolute Gasteiger partial charge is 0.493 e. The van der Waals surface area contributed by atoms with E-state index in [1.807, 2.05) is 45.2 Å². The molecule has 0 radical (unpaired) electrons. The molecule has 1 rings (SSSR count). The van der Waals surface area contributed by atoms with Gasteiger partial charge in [-0.3, -0.25) is 4.79 Å². The molecule has 132 valence electrons. The predicted molar refractivity (Wildman–Crippen MR) is 98.6 cm³/mol. The zero-order valence-corrected chi connectivity index (χ0v) is 15.8. The summed E-state index contributed by atoms with van der Waals surface area (Å²) in [4.78, 5) is 12.4. The van der Waals surface area contributed by atoms with Gasteiger partial charge in [-0.15, -0.1) is 12.4 Å². The zero-order valence-electron chi connectivity index (χ0n) is 14.9. The number of carbonyl (C=O) groups excluding carboxylic acids is 1. The van der Waals surface area contributed by atoms with E-state index in [-0.39, 0.29) is 18.3 Å². The summed E-state index contributed by atoms with van der Waals surface area (Å²) in [6.45, 7) is 10.4. The van der Waals surface area contributed by atoms with Crippen LogP contribution in [0.25, 0.3) is 0 Å². The average molecular weight is 343 g/mol. The van der Waals surface area contributed by atoms with E-state index in [1.165, 1.54) is 0 Å². The molecule has 0 aromatic heterocycles. The molecule has 0 atom stereocenters. The van der Waals surface area contributed by atoms with Crippen molar-refractivity contribution in [2.24, 2.45) is 5.92 Å². The summed E-state index contributed by atoms with van der Waals surface area (Å²) >= 11 is 0. The Morgan fingerprint density at radius 2 is 1.78 bits per heavy atom. The van der Waals surface area contributed by atoms with Gasteiger partial charge in [-0.25, -0.2) is 0 Å². The molecule has 2 N–H and O–H groups in total. The fraction of sp³-hybridized carbons (Fsp3) is 0.611. The van der Waals surface area contributed by atoms with E-state index < -0.39 is 5.41 Å². The van der Waals surface area contributed by atoms with Gasteiger partial charge in [0.2, 0.25) is 5.91 Å². The molecule has 1 aromatic rings. The molecule has 0 aliphatic heterocycles. The van der Waals surface area contributed by atoms with Crippen LogP contribution in [-0.4, -0.2) is 32.7 Å². The lowest BCUT2D eigenvalue weighted by atomic mass is 9.83. The Morgan fingerprint density at radius 1 is 1.17 bits per heavy atom. The monoisotopic (exact) mass is 342 g/mol. The molecule has 0 fully saturated rings. The lowest BCUT2D eigenvalue weighted by molar-refractivity contribution is -0.125. The SMILES string of the molecule is CNCCCNC(=O)C(C)(C)c1ccc(OCC(C)C)cc1.Cl. The van der Waals surface area contributed by atoms with Crippen molar-refractivity contribution in [3.05, 3.63) is 29.8 Å². The van der Waals surface area contributed by atoms with E-state index in [9.17, 15) is 4.79 Å². The minimum atomic E-state index is -0.545. The van der Waals surface area contributed by atoms with Crippen molar-refractivity contribution in [1.29, 1.82) is 0 Å². The number of carbonyl (C=O) groups is 1. The molecular weight excluding hydrogens is 312 g/mol. The van der Waals surface area contributed by atoms with E-state index in [2.05, 4.69) is 24.5 Å². The predicted octanol–water partition coefficient (Wildman–Crippen LogP) is 3.15. The normalized spacial score (nSPS) is 11.0. The van der Waals surface area contributed by atoms with Gasteiger partial charge in [-0.1, -0.05) is 26.0 Å². The van der Waals surface area contributed by atoms with Crippen LogP contribution in [0.15, 0.2) is 24.3 Å². The van der Waals surface area contributed by atoms with E-state index in [0.717, 1.165) is 24.3 Å². The van der Waals surface area contributed by atoms with Gasteiger partial charge >= 0.3 is 0 Å². The Morgan fingerprint density at radius 3 is 2.30 bits per heavy atom. The van der Waals surface area contributed by atoms with Crippen molar-refractivity contribution >= 4 is 18.3 Å². The fourth-order valence-electron chi connectivity index (χ4n) is 2.05. The summed E-state index contributed by atoms with van der Waals surface area (Å²) in [6.07, 6.45) is 0.931. The van der Waals surface area contributed by atoms with Gasteiger partial charge in [0.1, 0.15) is 5.75 Å². The van der Waals surface area contributed by atoms with Crippen LogP contribution >= 0.6 is 12.4 Å². The number of hydrogen-bond acceptors (Lipinski definition) is 3. The summed E-state index contributed by atoms with van der Waals surface area (Å²) < 4.78 is 5.68. The molecule has 1 amide bonds. The molecule has 0 saturated carbocycles. The summed E-state index contributed by atoms with van der Waals surface area (Å²) in [7, 11) is 1.91. The van der Waals surface area contributed by atoms with Gasteiger partial charge in [0.05, 0.1) is 12.0 Å². The fourth-order valence-corrected chi connectivity index (χ4v) is 2.05. The second-order valence-corrected chi connectivity index (χ2v) is 6.57. The Hall–Kier alpha value is -1.26. The highest BCUT2D eigenvalue weighted by atomic mass is 35.5. The molecule has 0 heterocycles. The summed E-state index contributed by atoms with van der Waals surface area (Å²) in [5, 5.41) is 6.07. The topological polar surface area (TPSA) is 50.4 Å². The zero-order chi connectivity index (χ0) is 16.6. The number of hydrogen-bond donors (Lipinski definition) is 2. The number of amides is 1. The van der Waals surface area contributed by atoms with Gasteiger partial charge in [0, 0.05) is 6.54 Å². The minimum Gasteiger partial charge on any atom is -0.493 e. The van der Waals surface area contributed by atoms with Crippen LogP contribution in [0.4, 0.5) is 0 Å². The van der Waals surface area contributed by atoms with Gasteiger partial charge in [0.15, 0.2) is 0 Å². The standard InChI is InChI=1S/C18H30N2O2.ClH/c1-14(2)13-22-16-9-7-15(8-10-16)18(3,4)17(21)20-12-6-11-19-5;/h7-10,14,19H,6,11-13H2,1-5H3,(H,20,21);1H.